The molecule has 0 spiro atoms. The van der Waals surface area contributed by atoms with E-state index in [0.29, 0.717) is 33.4 Å². The summed E-state index contributed by atoms with van der Waals surface area (Å²) in [4.78, 5) is 40.9. The first kappa shape index (κ1) is 22.2. The van der Waals surface area contributed by atoms with Crippen molar-refractivity contribution < 1.29 is 19.1 Å². The SMILES string of the molecule is NC(=O)c1ccc(NC(=O)COC(=O)c2cc(-c3ccc(Br)cc3)nc3ccccc23)cc1. The summed E-state index contributed by atoms with van der Waals surface area (Å²) in [5, 5.41) is 3.24. The third kappa shape index (κ3) is 5.24. The largest absolute Gasteiger partial charge is 0.452 e. The summed E-state index contributed by atoms with van der Waals surface area (Å²) in [6.45, 7) is -0.472. The predicted octanol–water partition coefficient (Wildman–Crippen LogP) is 4.56. The first-order chi connectivity index (χ1) is 15.9. The standard InChI is InChI=1S/C25H18BrN3O4/c26-17-9-5-15(6-10-17)22-13-20(19-3-1-2-4-21(19)29-22)25(32)33-14-23(30)28-18-11-7-16(8-12-18)24(27)31/h1-13H,14H2,(H2,27,31)(H,28,30). The van der Waals surface area contributed by atoms with E-state index in [1.165, 1.54) is 12.1 Å². The number of nitrogens with zero attached hydrogens (tertiary/aromatic N) is 1. The number of aromatic nitrogens is 1. The summed E-state index contributed by atoms with van der Waals surface area (Å²) in [5.41, 5.74) is 8.40. The molecule has 3 N–H and O–H groups in total. The topological polar surface area (TPSA) is 111 Å². The van der Waals surface area contributed by atoms with Gasteiger partial charge in [0.15, 0.2) is 6.61 Å². The van der Waals surface area contributed by atoms with Gasteiger partial charge < -0.3 is 15.8 Å². The molecule has 1 heterocycles. The number of ether oxygens (including phenoxy) is 1. The molecule has 0 aliphatic carbocycles. The highest BCUT2D eigenvalue weighted by molar-refractivity contribution is 9.10. The minimum Gasteiger partial charge on any atom is -0.452 e. The van der Waals surface area contributed by atoms with Crippen molar-refractivity contribution in [3.63, 3.8) is 0 Å². The molecule has 4 rings (SSSR count). The second kappa shape index (κ2) is 9.62. The molecule has 1 aromatic heterocycles. The average Bonchev–Trinajstić information content (AvgIpc) is 2.82. The minimum absolute atomic E-state index is 0.317. The Balaban J connectivity index is 1.51. The summed E-state index contributed by atoms with van der Waals surface area (Å²) in [6, 6.07) is 22.6. The summed E-state index contributed by atoms with van der Waals surface area (Å²) < 4.78 is 6.21. The van der Waals surface area contributed by atoms with Crippen LogP contribution in [0.3, 0.4) is 0 Å². The maximum atomic E-state index is 12.9. The van der Waals surface area contributed by atoms with Crippen molar-refractivity contribution >= 4 is 50.3 Å². The number of nitrogens with two attached hydrogens (primary N) is 1. The molecule has 0 saturated carbocycles. The molecule has 0 aliphatic heterocycles. The van der Waals surface area contributed by atoms with Crippen molar-refractivity contribution in [2.75, 3.05) is 11.9 Å². The van der Waals surface area contributed by atoms with E-state index in [9.17, 15) is 14.4 Å². The Morgan fingerprint density at radius 2 is 1.64 bits per heavy atom. The van der Waals surface area contributed by atoms with E-state index in [2.05, 4.69) is 26.2 Å². The first-order valence-electron chi connectivity index (χ1n) is 9.93. The second-order valence-electron chi connectivity index (χ2n) is 7.15. The van der Waals surface area contributed by atoms with Gasteiger partial charge in [-0.1, -0.05) is 46.3 Å². The third-order valence-corrected chi connectivity index (χ3v) is 5.39. The Kier molecular flexibility index (Phi) is 6.46. The molecule has 0 atom stereocenters. The monoisotopic (exact) mass is 503 g/mol. The van der Waals surface area contributed by atoms with Crippen molar-refractivity contribution in [1.29, 1.82) is 0 Å². The van der Waals surface area contributed by atoms with E-state index >= 15 is 0 Å². The molecule has 2 amide bonds. The average molecular weight is 504 g/mol. The summed E-state index contributed by atoms with van der Waals surface area (Å²) in [7, 11) is 0. The number of nitrogens with one attached hydrogen (secondary N) is 1. The van der Waals surface area contributed by atoms with Gasteiger partial charge in [0.25, 0.3) is 5.91 Å². The Morgan fingerprint density at radius 1 is 0.939 bits per heavy atom. The Hall–Kier alpha value is -4.04. The molecule has 0 fully saturated rings. The van der Waals surface area contributed by atoms with Gasteiger partial charge >= 0.3 is 5.97 Å². The third-order valence-electron chi connectivity index (χ3n) is 4.86. The summed E-state index contributed by atoms with van der Waals surface area (Å²) in [5.74, 6) is -1.71. The zero-order valence-corrected chi connectivity index (χ0v) is 18.8. The van der Waals surface area contributed by atoms with Crippen molar-refractivity contribution in [3.8, 4) is 11.3 Å². The number of fused-ring (bicyclic) bond motifs is 1. The number of primary amides is 1. The van der Waals surface area contributed by atoms with E-state index in [0.717, 1.165) is 10.0 Å². The smallest absolute Gasteiger partial charge is 0.339 e. The lowest BCUT2D eigenvalue weighted by atomic mass is 10.0. The number of hydrogen-bond donors (Lipinski definition) is 2. The number of anilines is 1. The van der Waals surface area contributed by atoms with Crippen molar-refractivity contribution in [2.24, 2.45) is 5.73 Å². The summed E-state index contributed by atoms with van der Waals surface area (Å²) >= 11 is 3.41. The van der Waals surface area contributed by atoms with Crippen LogP contribution in [0, 0.1) is 0 Å². The van der Waals surface area contributed by atoms with Gasteiger partial charge in [0.2, 0.25) is 5.91 Å². The molecule has 0 aliphatic rings. The molecule has 33 heavy (non-hydrogen) atoms. The van der Waals surface area contributed by atoms with Crippen LogP contribution >= 0.6 is 15.9 Å². The van der Waals surface area contributed by atoms with E-state index in [1.807, 2.05) is 42.5 Å². The van der Waals surface area contributed by atoms with E-state index in [4.69, 9.17) is 10.5 Å². The van der Waals surface area contributed by atoms with E-state index in [1.54, 1.807) is 24.3 Å². The van der Waals surface area contributed by atoms with Crippen LogP contribution < -0.4 is 11.1 Å². The van der Waals surface area contributed by atoms with Gasteiger partial charge in [-0.15, -0.1) is 0 Å². The molecule has 0 radical (unpaired) electrons. The number of hydrogen-bond acceptors (Lipinski definition) is 5. The number of pyridine rings is 1. The number of carbonyl (C=O) groups is 3. The van der Waals surface area contributed by atoms with Gasteiger partial charge in [-0.2, -0.15) is 0 Å². The zero-order chi connectivity index (χ0) is 23.4. The molecular weight excluding hydrogens is 486 g/mol. The van der Waals surface area contributed by atoms with Crippen molar-refractivity contribution in [2.45, 2.75) is 0 Å². The van der Waals surface area contributed by atoms with Gasteiger partial charge in [-0.3, -0.25) is 9.59 Å². The lowest BCUT2D eigenvalue weighted by Crippen LogP contribution is -2.21. The normalized spacial score (nSPS) is 10.6. The molecular formula is C25H18BrN3O4. The van der Waals surface area contributed by atoms with Crippen molar-refractivity contribution in [3.05, 3.63) is 94.5 Å². The maximum absolute atomic E-state index is 12.9. The number of rotatable bonds is 6. The van der Waals surface area contributed by atoms with Gasteiger partial charge in [0, 0.05) is 26.7 Å². The van der Waals surface area contributed by atoms with Crippen molar-refractivity contribution in [1.82, 2.24) is 4.98 Å². The van der Waals surface area contributed by atoms with Crippen LogP contribution in [0.1, 0.15) is 20.7 Å². The molecule has 3 aromatic carbocycles. The highest BCUT2D eigenvalue weighted by Crippen LogP contribution is 2.26. The fourth-order valence-corrected chi connectivity index (χ4v) is 3.50. The van der Waals surface area contributed by atoms with Crippen LogP contribution in [-0.4, -0.2) is 29.4 Å². The fourth-order valence-electron chi connectivity index (χ4n) is 3.24. The Labute approximate surface area is 197 Å². The highest BCUT2D eigenvalue weighted by atomic mass is 79.9. The second-order valence-corrected chi connectivity index (χ2v) is 8.06. The number of amides is 2. The van der Waals surface area contributed by atoms with Gasteiger partial charge in [-0.25, -0.2) is 9.78 Å². The first-order valence-corrected chi connectivity index (χ1v) is 10.7. The number of benzene rings is 3. The number of esters is 1. The minimum atomic E-state index is -0.633. The molecule has 0 saturated heterocycles. The van der Waals surface area contributed by atoms with Gasteiger partial charge in [-0.05, 0) is 48.5 Å². The highest BCUT2D eigenvalue weighted by Gasteiger charge is 2.17. The Bertz CT molecular complexity index is 1350. The number of carbonyl (C=O) groups excluding carboxylic acids is 3. The lowest BCUT2D eigenvalue weighted by molar-refractivity contribution is -0.119. The molecule has 4 aromatic rings. The maximum Gasteiger partial charge on any atom is 0.339 e. The molecule has 7 nitrogen and oxygen atoms in total. The van der Waals surface area contributed by atoms with Gasteiger partial charge in [0.1, 0.15) is 0 Å². The van der Waals surface area contributed by atoms with E-state index < -0.39 is 24.4 Å². The quantitative estimate of drug-likeness (QED) is 0.374. The molecule has 8 heteroatoms. The van der Waals surface area contributed by atoms with Gasteiger partial charge in [0.05, 0.1) is 16.8 Å². The number of halogens is 1. The van der Waals surface area contributed by atoms with Crippen LogP contribution in [0.4, 0.5) is 5.69 Å². The Morgan fingerprint density at radius 3 is 2.33 bits per heavy atom. The molecule has 0 unspecified atom stereocenters. The molecule has 0 bridgehead atoms. The fraction of sp³-hybridized carbons (Fsp3) is 0.0400. The van der Waals surface area contributed by atoms with Crippen LogP contribution in [0.5, 0.6) is 0 Å². The van der Waals surface area contributed by atoms with Crippen LogP contribution in [0.25, 0.3) is 22.2 Å². The van der Waals surface area contributed by atoms with E-state index in [-0.39, 0.29) is 0 Å². The predicted molar refractivity (Wildman–Crippen MR) is 129 cm³/mol. The van der Waals surface area contributed by atoms with Crippen LogP contribution in [-0.2, 0) is 9.53 Å². The number of para-hydroxylation sites is 1. The zero-order valence-electron chi connectivity index (χ0n) is 17.2. The lowest BCUT2D eigenvalue weighted by Gasteiger charge is -2.11. The van der Waals surface area contributed by atoms with Crippen LogP contribution in [0.15, 0.2) is 83.3 Å². The molecule has 164 valence electrons. The van der Waals surface area contributed by atoms with Crippen LogP contribution in [0.2, 0.25) is 0 Å². The summed E-state index contributed by atoms with van der Waals surface area (Å²) in [6.07, 6.45) is 0.